The molecule has 0 aliphatic heterocycles. The van der Waals surface area contributed by atoms with Crippen molar-refractivity contribution in [2.45, 2.75) is 5.38 Å². The van der Waals surface area contributed by atoms with Crippen molar-refractivity contribution in [2.24, 2.45) is 0 Å². The van der Waals surface area contributed by atoms with Gasteiger partial charge in [0.25, 0.3) is 0 Å². The van der Waals surface area contributed by atoms with Gasteiger partial charge in [-0.1, -0.05) is 36.4 Å². The summed E-state index contributed by atoms with van der Waals surface area (Å²) in [6, 6.07) is 18.3. The van der Waals surface area contributed by atoms with Gasteiger partial charge in [-0.3, -0.25) is 4.57 Å². The maximum absolute atomic E-state index is 13.2. The summed E-state index contributed by atoms with van der Waals surface area (Å²) in [6.07, 6.45) is 0. The third-order valence-electron chi connectivity index (χ3n) is 2.75. The monoisotopic (exact) mass is 343 g/mol. The van der Waals surface area contributed by atoms with Crippen LogP contribution in [0.4, 0.5) is 5.69 Å². The summed E-state index contributed by atoms with van der Waals surface area (Å²) < 4.78 is 18.8. The van der Waals surface area contributed by atoms with Crippen molar-refractivity contribution in [1.29, 1.82) is 0 Å². The lowest BCUT2D eigenvalue weighted by atomic mass is 10.3. The number of alkyl halides is 2. The van der Waals surface area contributed by atoms with Crippen LogP contribution in [-0.2, 0) is 9.09 Å². The molecule has 0 radical (unpaired) electrons. The summed E-state index contributed by atoms with van der Waals surface area (Å²) in [7, 11) is -3.25. The summed E-state index contributed by atoms with van der Waals surface area (Å²) >= 11 is 11.6. The molecule has 0 aromatic heterocycles. The van der Waals surface area contributed by atoms with Gasteiger partial charge in [-0.2, -0.15) is 0 Å². The van der Waals surface area contributed by atoms with Crippen molar-refractivity contribution in [3.8, 4) is 0 Å². The van der Waals surface area contributed by atoms with E-state index in [-0.39, 0.29) is 17.9 Å². The van der Waals surface area contributed by atoms with E-state index < -0.39 is 7.52 Å². The van der Waals surface area contributed by atoms with Crippen molar-refractivity contribution in [2.75, 3.05) is 17.6 Å². The van der Waals surface area contributed by atoms with Gasteiger partial charge in [-0.05, 0) is 24.3 Å². The largest absolute Gasteiger partial charge is 0.324 e. The van der Waals surface area contributed by atoms with E-state index in [0.717, 1.165) is 5.69 Å². The summed E-state index contributed by atoms with van der Waals surface area (Å²) in [6.45, 7) is 0.108. The van der Waals surface area contributed by atoms with E-state index in [1.807, 2.05) is 48.5 Å². The highest BCUT2D eigenvalue weighted by molar-refractivity contribution is 7.68. The quantitative estimate of drug-likeness (QED) is 0.595. The maximum Gasteiger partial charge on any atom is 0.324 e. The number of para-hydroxylation sites is 1. The molecule has 112 valence electrons. The molecule has 0 saturated heterocycles. The zero-order valence-corrected chi connectivity index (χ0v) is 13.7. The molecule has 0 aliphatic rings. The average Bonchev–Trinajstić information content (AvgIpc) is 2.54. The Labute approximate surface area is 134 Å². The number of hydrogen-bond acceptors (Lipinski definition) is 2. The second-order valence-corrected chi connectivity index (χ2v) is 7.44. The Morgan fingerprint density at radius 3 is 2.19 bits per heavy atom. The van der Waals surface area contributed by atoms with Crippen LogP contribution in [0.15, 0.2) is 60.7 Å². The molecular formula is C15H16Cl2NO2P. The molecule has 21 heavy (non-hydrogen) atoms. The minimum atomic E-state index is -3.25. The van der Waals surface area contributed by atoms with Crippen molar-refractivity contribution >= 4 is 41.7 Å². The smallest absolute Gasteiger partial charge is 0.312 e. The van der Waals surface area contributed by atoms with Crippen LogP contribution in [0.25, 0.3) is 0 Å². The fraction of sp³-hybridized carbons (Fsp3) is 0.200. The van der Waals surface area contributed by atoms with Gasteiger partial charge in [0, 0.05) is 11.6 Å². The molecule has 0 unspecified atom stereocenters. The highest BCUT2D eigenvalue weighted by atomic mass is 35.5. The first-order chi connectivity index (χ1) is 10.1. The van der Waals surface area contributed by atoms with Crippen LogP contribution in [-0.4, -0.2) is 17.9 Å². The fourth-order valence-corrected chi connectivity index (χ4v) is 3.73. The Balaban J connectivity index is 2.24. The first kappa shape index (κ1) is 16.4. The van der Waals surface area contributed by atoms with E-state index in [0.29, 0.717) is 5.30 Å². The molecule has 0 heterocycles. The lowest BCUT2D eigenvalue weighted by Gasteiger charge is -2.21. The maximum atomic E-state index is 13.2. The minimum absolute atomic E-state index is 0.108. The summed E-state index contributed by atoms with van der Waals surface area (Å²) in [5, 5.41) is 3.19. The van der Waals surface area contributed by atoms with Gasteiger partial charge in [0.1, 0.15) is 0 Å². The fourth-order valence-electron chi connectivity index (χ4n) is 1.71. The van der Waals surface area contributed by atoms with Crippen molar-refractivity contribution in [3.63, 3.8) is 0 Å². The number of anilines is 1. The Morgan fingerprint density at radius 2 is 1.62 bits per heavy atom. The van der Waals surface area contributed by atoms with Crippen LogP contribution < -0.4 is 10.4 Å². The summed E-state index contributed by atoms with van der Waals surface area (Å²) in [4.78, 5) is 0. The van der Waals surface area contributed by atoms with E-state index in [2.05, 4.69) is 5.09 Å². The zero-order valence-electron chi connectivity index (χ0n) is 11.3. The van der Waals surface area contributed by atoms with Gasteiger partial charge >= 0.3 is 7.52 Å². The number of hydrogen-bond donors (Lipinski definition) is 1. The average molecular weight is 344 g/mol. The zero-order chi connectivity index (χ0) is 15.1. The topological polar surface area (TPSA) is 38.3 Å². The molecule has 1 N–H and O–H groups in total. The first-order valence-electron chi connectivity index (χ1n) is 6.47. The predicted octanol–water partition coefficient (Wildman–Crippen LogP) is 4.48. The van der Waals surface area contributed by atoms with Crippen molar-refractivity contribution in [3.05, 3.63) is 60.7 Å². The van der Waals surface area contributed by atoms with Gasteiger partial charge in [0.2, 0.25) is 0 Å². The Hall–Kier alpha value is -0.990. The second-order valence-electron chi connectivity index (χ2n) is 4.41. The van der Waals surface area contributed by atoms with Crippen LogP contribution in [0.5, 0.6) is 0 Å². The van der Waals surface area contributed by atoms with Crippen LogP contribution in [0.3, 0.4) is 0 Å². The Bertz CT molecular complexity index is 595. The standard InChI is InChI=1S/C15H16Cl2NO2P/c16-11-13(17)12-20-21(19,15-9-5-2-6-10-15)18-14-7-3-1-4-8-14/h1-10,13H,11-12H2,(H,18,19)/t13-,21-/m0/s1. The third-order valence-corrected chi connectivity index (χ3v) is 5.60. The van der Waals surface area contributed by atoms with E-state index in [1.54, 1.807) is 12.1 Å². The van der Waals surface area contributed by atoms with Crippen molar-refractivity contribution in [1.82, 2.24) is 0 Å². The van der Waals surface area contributed by atoms with E-state index in [4.69, 9.17) is 27.7 Å². The van der Waals surface area contributed by atoms with Crippen LogP contribution in [0.2, 0.25) is 0 Å². The van der Waals surface area contributed by atoms with Gasteiger partial charge in [0.05, 0.1) is 17.3 Å². The first-order valence-corrected chi connectivity index (χ1v) is 9.07. The molecule has 0 saturated carbocycles. The summed E-state index contributed by atoms with van der Waals surface area (Å²) in [5.41, 5.74) is 0.724. The molecule has 0 spiro atoms. The summed E-state index contributed by atoms with van der Waals surface area (Å²) in [5.74, 6) is 0.238. The van der Waals surface area contributed by atoms with Gasteiger partial charge in [-0.15, -0.1) is 23.2 Å². The van der Waals surface area contributed by atoms with E-state index in [1.165, 1.54) is 0 Å². The van der Waals surface area contributed by atoms with E-state index >= 15 is 0 Å². The highest BCUT2D eigenvalue weighted by Gasteiger charge is 2.27. The van der Waals surface area contributed by atoms with Gasteiger partial charge in [-0.25, -0.2) is 0 Å². The molecule has 2 aromatic rings. The van der Waals surface area contributed by atoms with Crippen LogP contribution in [0.1, 0.15) is 0 Å². The lowest BCUT2D eigenvalue weighted by Crippen LogP contribution is -2.18. The molecule has 2 atom stereocenters. The van der Waals surface area contributed by atoms with E-state index in [9.17, 15) is 4.57 Å². The molecule has 0 fully saturated rings. The molecule has 2 rings (SSSR count). The second kappa shape index (κ2) is 7.86. The Kier molecular flexibility index (Phi) is 6.13. The number of benzene rings is 2. The van der Waals surface area contributed by atoms with Gasteiger partial charge < -0.3 is 9.61 Å². The van der Waals surface area contributed by atoms with Crippen LogP contribution in [0, 0.1) is 0 Å². The molecule has 0 bridgehead atoms. The molecule has 2 aromatic carbocycles. The minimum Gasteiger partial charge on any atom is -0.312 e. The molecule has 3 nitrogen and oxygen atoms in total. The number of halogens is 2. The molecule has 0 amide bonds. The molecule has 6 heteroatoms. The highest BCUT2D eigenvalue weighted by Crippen LogP contribution is 2.45. The number of rotatable bonds is 7. The lowest BCUT2D eigenvalue weighted by molar-refractivity contribution is 0.326. The normalized spacial score (nSPS) is 15.1. The SMILES string of the molecule is O=[P@](Nc1ccccc1)(OC[C@@H](Cl)CCl)c1ccccc1. The Morgan fingerprint density at radius 1 is 1.05 bits per heavy atom. The number of nitrogens with one attached hydrogen (secondary N) is 1. The molecule has 0 aliphatic carbocycles. The van der Waals surface area contributed by atoms with Crippen LogP contribution >= 0.6 is 30.7 Å². The third kappa shape index (κ3) is 4.76. The molecular weight excluding hydrogens is 328 g/mol. The van der Waals surface area contributed by atoms with Gasteiger partial charge in [0.15, 0.2) is 0 Å². The predicted molar refractivity (Wildman–Crippen MR) is 90.1 cm³/mol. The van der Waals surface area contributed by atoms with Crippen molar-refractivity contribution < 1.29 is 9.09 Å².